The summed E-state index contributed by atoms with van der Waals surface area (Å²) in [4.78, 5) is 35.2. The number of rotatable bonds is 10. The molecule has 0 aliphatic carbocycles. The van der Waals surface area contributed by atoms with Crippen molar-refractivity contribution in [1.29, 1.82) is 0 Å². The maximum absolute atomic E-state index is 13.9. The summed E-state index contributed by atoms with van der Waals surface area (Å²) in [6.45, 7) is 8.42. The van der Waals surface area contributed by atoms with E-state index < -0.39 is 5.60 Å². The Kier molecular flexibility index (Phi) is 9.96. The molecule has 0 radical (unpaired) electrons. The first-order valence-corrected chi connectivity index (χ1v) is 16.8. The van der Waals surface area contributed by atoms with Gasteiger partial charge in [-0.15, -0.1) is 0 Å². The number of esters is 1. The quantitative estimate of drug-likeness (QED) is 0.152. The number of hydrogen-bond acceptors (Lipinski definition) is 7. The molecule has 1 saturated heterocycles. The molecule has 6 rings (SSSR count). The van der Waals surface area contributed by atoms with Crippen molar-refractivity contribution in [1.82, 2.24) is 19.7 Å². The van der Waals surface area contributed by atoms with Crippen LogP contribution in [0, 0.1) is 0 Å². The second kappa shape index (κ2) is 14.5. The minimum absolute atomic E-state index is 0.243. The zero-order valence-corrected chi connectivity index (χ0v) is 28.2. The number of ether oxygens (including phenoxy) is 2. The molecule has 9 heteroatoms. The number of anilines is 1. The number of hydrogen-bond donors (Lipinski definition) is 1. The normalized spacial score (nSPS) is 15.0. The van der Waals surface area contributed by atoms with Gasteiger partial charge in [0.15, 0.2) is 11.9 Å². The molecule has 5 aromatic rings. The molecule has 4 heterocycles. The molecule has 248 valence electrons. The van der Waals surface area contributed by atoms with E-state index in [2.05, 4.69) is 46.5 Å². The lowest BCUT2D eigenvalue weighted by Crippen LogP contribution is -2.24. The Morgan fingerprint density at radius 3 is 2.44 bits per heavy atom. The standard InChI is InChI=1S/C39H43N5O4/c1-5-9-26-10-8-11-28(18-26)31-20-32(25-41-24-31)42-38(46)37-33-21-29(14-15-34(33)44(43-37)35-12-6-7-17-47-35)30-19-27(22-40-23-30)13-16-36(45)48-39(2,3)4/h8,10-11,14-15,18-25,35H,5-7,9,12-13,16-17H2,1-4H3,(H,42,46). The van der Waals surface area contributed by atoms with Crippen LogP contribution < -0.4 is 5.32 Å². The molecular weight excluding hydrogens is 602 g/mol. The average molecular weight is 646 g/mol. The molecule has 1 fully saturated rings. The lowest BCUT2D eigenvalue weighted by molar-refractivity contribution is -0.154. The van der Waals surface area contributed by atoms with E-state index in [-0.39, 0.29) is 24.5 Å². The molecule has 3 aromatic heterocycles. The summed E-state index contributed by atoms with van der Waals surface area (Å²) < 4.78 is 13.4. The van der Waals surface area contributed by atoms with Crippen LogP contribution in [0.15, 0.2) is 79.4 Å². The third kappa shape index (κ3) is 7.97. The fourth-order valence-corrected chi connectivity index (χ4v) is 6.10. The largest absolute Gasteiger partial charge is 0.460 e. The van der Waals surface area contributed by atoms with Crippen molar-refractivity contribution in [2.45, 2.75) is 84.5 Å². The first-order valence-electron chi connectivity index (χ1n) is 16.8. The van der Waals surface area contributed by atoms with Gasteiger partial charge in [0.2, 0.25) is 0 Å². The van der Waals surface area contributed by atoms with Crippen molar-refractivity contribution in [2.24, 2.45) is 0 Å². The van der Waals surface area contributed by atoms with Gasteiger partial charge in [-0.2, -0.15) is 5.10 Å². The molecule has 2 aromatic carbocycles. The number of carbonyl (C=O) groups is 2. The first kappa shape index (κ1) is 33.0. The van der Waals surface area contributed by atoms with Crippen LogP contribution in [-0.4, -0.2) is 43.8 Å². The van der Waals surface area contributed by atoms with E-state index in [1.165, 1.54) is 5.56 Å². The lowest BCUT2D eigenvalue weighted by atomic mass is 10.0. The van der Waals surface area contributed by atoms with E-state index in [0.717, 1.165) is 70.8 Å². The van der Waals surface area contributed by atoms with Gasteiger partial charge in [0, 0.05) is 48.1 Å². The number of fused-ring (bicyclic) bond motifs is 1. The van der Waals surface area contributed by atoms with Crippen LogP contribution in [0.5, 0.6) is 0 Å². The van der Waals surface area contributed by atoms with E-state index in [1.807, 2.05) is 62.0 Å². The molecule has 48 heavy (non-hydrogen) atoms. The Hall–Kier alpha value is -4.89. The Bertz CT molecular complexity index is 1920. The van der Waals surface area contributed by atoms with Crippen LogP contribution in [-0.2, 0) is 27.1 Å². The molecular formula is C39H43N5O4. The van der Waals surface area contributed by atoms with E-state index in [9.17, 15) is 9.59 Å². The summed E-state index contributed by atoms with van der Waals surface area (Å²) in [6.07, 6.45) is 12.5. The zero-order chi connectivity index (χ0) is 33.7. The summed E-state index contributed by atoms with van der Waals surface area (Å²) in [6, 6.07) is 18.4. The summed E-state index contributed by atoms with van der Waals surface area (Å²) in [7, 11) is 0. The van der Waals surface area contributed by atoms with Crippen LogP contribution >= 0.6 is 0 Å². The summed E-state index contributed by atoms with van der Waals surface area (Å²) in [5.74, 6) is -0.567. The monoisotopic (exact) mass is 645 g/mol. The maximum Gasteiger partial charge on any atom is 0.306 e. The third-order valence-corrected chi connectivity index (χ3v) is 8.31. The summed E-state index contributed by atoms with van der Waals surface area (Å²) in [5, 5.41) is 8.62. The molecule has 1 N–H and O–H groups in total. The van der Waals surface area contributed by atoms with Gasteiger partial charge < -0.3 is 14.8 Å². The summed E-state index contributed by atoms with van der Waals surface area (Å²) in [5.41, 5.74) is 7.16. The number of amides is 1. The van der Waals surface area contributed by atoms with Gasteiger partial charge in [-0.1, -0.05) is 43.7 Å². The van der Waals surface area contributed by atoms with Crippen LogP contribution in [0.1, 0.15) is 87.6 Å². The van der Waals surface area contributed by atoms with Crippen LogP contribution in [0.25, 0.3) is 33.2 Å². The predicted molar refractivity (Wildman–Crippen MR) is 188 cm³/mol. The number of aryl methyl sites for hydroxylation is 2. The van der Waals surface area contributed by atoms with Crippen LogP contribution in [0.2, 0.25) is 0 Å². The van der Waals surface area contributed by atoms with Crippen LogP contribution in [0.4, 0.5) is 5.69 Å². The van der Waals surface area contributed by atoms with Gasteiger partial charge in [-0.3, -0.25) is 19.6 Å². The molecule has 1 aliphatic rings. The van der Waals surface area contributed by atoms with E-state index >= 15 is 0 Å². The van der Waals surface area contributed by atoms with Crippen molar-refractivity contribution >= 4 is 28.5 Å². The summed E-state index contributed by atoms with van der Waals surface area (Å²) >= 11 is 0. The van der Waals surface area contributed by atoms with Crippen molar-refractivity contribution in [2.75, 3.05) is 11.9 Å². The number of pyridine rings is 2. The minimum Gasteiger partial charge on any atom is -0.460 e. The number of nitrogens with zero attached hydrogens (tertiary/aromatic N) is 4. The third-order valence-electron chi connectivity index (χ3n) is 8.31. The SMILES string of the molecule is CCCc1cccc(-c2cncc(NC(=O)c3nn(C4CCCCO4)c4ccc(-c5cncc(CCC(=O)OC(C)(C)C)c5)cc34)c2)c1. The zero-order valence-electron chi connectivity index (χ0n) is 28.2. The lowest BCUT2D eigenvalue weighted by Gasteiger charge is -2.23. The number of benzene rings is 2. The molecule has 0 bridgehead atoms. The van der Waals surface area contributed by atoms with Gasteiger partial charge >= 0.3 is 5.97 Å². The highest BCUT2D eigenvalue weighted by Crippen LogP contribution is 2.32. The highest BCUT2D eigenvalue weighted by atomic mass is 16.6. The van der Waals surface area contributed by atoms with Crippen LogP contribution in [0.3, 0.4) is 0 Å². The smallest absolute Gasteiger partial charge is 0.306 e. The molecule has 0 saturated carbocycles. The number of aromatic nitrogens is 4. The second-order valence-electron chi connectivity index (χ2n) is 13.4. The van der Waals surface area contributed by atoms with Gasteiger partial charge in [0.25, 0.3) is 5.91 Å². The Balaban J connectivity index is 1.30. The van der Waals surface area contributed by atoms with Gasteiger partial charge in [0.05, 0.1) is 17.4 Å². The van der Waals surface area contributed by atoms with E-state index in [4.69, 9.17) is 14.6 Å². The van der Waals surface area contributed by atoms with Gasteiger partial charge in [-0.05, 0) is 99.4 Å². The molecule has 1 amide bonds. The van der Waals surface area contributed by atoms with Crippen molar-refractivity contribution < 1.29 is 19.1 Å². The van der Waals surface area contributed by atoms with Gasteiger partial charge in [-0.25, -0.2) is 4.68 Å². The number of nitrogens with one attached hydrogen (secondary N) is 1. The van der Waals surface area contributed by atoms with Crippen molar-refractivity contribution in [3.8, 4) is 22.3 Å². The average Bonchev–Trinajstić information content (AvgIpc) is 3.47. The topological polar surface area (TPSA) is 108 Å². The molecule has 1 aliphatic heterocycles. The van der Waals surface area contributed by atoms with Crippen molar-refractivity contribution in [3.05, 3.63) is 96.2 Å². The number of carbonyl (C=O) groups excluding carboxylic acids is 2. The predicted octanol–water partition coefficient (Wildman–Crippen LogP) is 8.34. The van der Waals surface area contributed by atoms with Gasteiger partial charge in [0.1, 0.15) is 5.60 Å². The molecule has 9 nitrogen and oxygen atoms in total. The minimum atomic E-state index is -0.525. The fraction of sp³-hybridized carbons (Fsp3) is 0.359. The highest BCUT2D eigenvalue weighted by molar-refractivity contribution is 6.12. The molecule has 0 spiro atoms. The molecule has 1 atom stereocenters. The van der Waals surface area contributed by atoms with Crippen molar-refractivity contribution in [3.63, 3.8) is 0 Å². The molecule has 1 unspecified atom stereocenters. The van der Waals surface area contributed by atoms with E-state index in [0.29, 0.717) is 24.4 Å². The second-order valence-corrected chi connectivity index (χ2v) is 13.4. The Morgan fingerprint density at radius 1 is 0.896 bits per heavy atom. The fourth-order valence-electron chi connectivity index (χ4n) is 6.10. The highest BCUT2D eigenvalue weighted by Gasteiger charge is 2.25. The first-order chi connectivity index (χ1) is 23.2. The Labute approximate surface area is 281 Å². The maximum atomic E-state index is 13.9. The van der Waals surface area contributed by atoms with E-state index in [1.54, 1.807) is 18.6 Å². The Morgan fingerprint density at radius 2 is 1.67 bits per heavy atom.